The number of aryl methyl sites for hydroxylation is 1. The molecule has 0 aromatic carbocycles. The summed E-state index contributed by atoms with van der Waals surface area (Å²) in [5.74, 6) is 0.675. The van der Waals surface area contributed by atoms with Gasteiger partial charge in [0.1, 0.15) is 16.1 Å². The van der Waals surface area contributed by atoms with Crippen LogP contribution in [0.15, 0.2) is 0 Å². The first-order chi connectivity index (χ1) is 4.74. The number of hydrogen-bond acceptors (Lipinski definition) is 5. The first kappa shape index (κ1) is 7.68. The Morgan fingerprint density at radius 2 is 2.50 bits per heavy atom. The minimum atomic E-state index is -0.536. The van der Waals surface area contributed by atoms with Gasteiger partial charge in [0.15, 0.2) is 0 Å². The molecular formula is C5H5N2OS2. The molecule has 1 aromatic heterocycles. The SMILES string of the molecule is Cc1nsc(C(S)[C]=O)n1. The maximum absolute atomic E-state index is 10.1. The molecule has 0 saturated heterocycles. The molecular weight excluding hydrogens is 168 g/mol. The molecule has 1 atom stereocenters. The van der Waals surface area contributed by atoms with Crippen molar-refractivity contribution < 1.29 is 4.79 Å². The lowest BCUT2D eigenvalue weighted by atomic mass is 10.5. The van der Waals surface area contributed by atoms with E-state index in [1.54, 1.807) is 13.2 Å². The van der Waals surface area contributed by atoms with E-state index in [-0.39, 0.29) is 0 Å². The molecule has 0 aliphatic rings. The van der Waals surface area contributed by atoms with Crippen LogP contribution in [0, 0.1) is 6.92 Å². The Morgan fingerprint density at radius 1 is 1.80 bits per heavy atom. The van der Waals surface area contributed by atoms with E-state index < -0.39 is 5.25 Å². The average molecular weight is 173 g/mol. The number of aromatic nitrogens is 2. The second kappa shape index (κ2) is 3.12. The summed E-state index contributed by atoms with van der Waals surface area (Å²) in [7, 11) is 0. The van der Waals surface area contributed by atoms with Crippen LogP contribution < -0.4 is 0 Å². The topological polar surface area (TPSA) is 42.9 Å². The molecule has 1 rings (SSSR count). The highest BCUT2D eigenvalue weighted by atomic mass is 32.1. The van der Waals surface area contributed by atoms with Crippen molar-refractivity contribution in [1.82, 2.24) is 9.36 Å². The van der Waals surface area contributed by atoms with Gasteiger partial charge >= 0.3 is 0 Å². The third kappa shape index (κ3) is 1.54. The van der Waals surface area contributed by atoms with Crippen molar-refractivity contribution in [2.24, 2.45) is 0 Å². The van der Waals surface area contributed by atoms with Gasteiger partial charge in [-0.15, -0.1) is 0 Å². The van der Waals surface area contributed by atoms with E-state index >= 15 is 0 Å². The fourth-order valence-corrected chi connectivity index (χ4v) is 1.26. The number of rotatable bonds is 2. The predicted octanol–water partition coefficient (Wildman–Crippen LogP) is 0.927. The van der Waals surface area contributed by atoms with Gasteiger partial charge in [-0.05, 0) is 18.5 Å². The number of thiol groups is 1. The molecule has 0 fully saturated rings. The monoisotopic (exact) mass is 173 g/mol. The van der Waals surface area contributed by atoms with Crippen molar-refractivity contribution in [3.05, 3.63) is 10.8 Å². The second-order valence-corrected chi connectivity index (χ2v) is 3.00. The summed E-state index contributed by atoms with van der Waals surface area (Å²) in [5.41, 5.74) is 0. The minimum Gasteiger partial charge on any atom is -0.289 e. The summed E-state index contributed by atoms with van der Waals surface area (Å²) < 4.78 is 3.89. The maximum Gasteiger partial charge on any atom is 0.219 e. The van der Waals surface area contributed by atoms with Crippen LogP contribution in [0.5, 0.6) is 0 Å². The lowest BCUT2D eigenvalue weighted by Gasteiger charge is -1.89. The van der Waals surface area contributed by atoms with Gasteiger partial charge in [-0.3, -0.25) is 4.79 Å². The fourth-order valence-electron chi connectivity index (χ4n) is 0.475. The zero-order chi connectivity index (χ0) is 7.56. The van der Waals surface area contributed by atoms with E-state index in [1.165, 1.54) is 11.5 Å². The fraction of sp³-hybridized carbons (Fsp3) is 0.400. The van der Waals surface area contributed by atoms with E-state index in [1.807, 2.05) is 0 Å². The van der Waals surface area contributed by atoms with Gasteiger partial charge in [0.05, 0.1) is 0 Å². The zero-order valence-corrected chi connectivity index (χ0v) is 6.95. The Labute approximate surface area is 68.1 Å². The van der Waals surface area contributed by atoms with E-state index in [4.69, 9.17) is 0 Å². The minimum absolute atomic E-state index is 0.536. The molecule has 1 radical (unpaired) electrons. The highest BCUT2D eigenvalue weighted by Gasteiger charge is 2.09. The quantitative estimate of drug-likeness (QED) is 0.676. The van der Waals surface area contributed by atoms with Crippen LogP contribution in [-0.2, 0) is 4.79 Å². The molecule has 0 bridgehead atoms. The smallest absolute Gasteiger partial charge is 0.219 e. The Morgan fingerprint density at radius 3 is 2.90 bits per heavy atom. The summed E-state index contributed by atoms with van der Waals surface area (Å²) in [6.07, 6.45) is 1.72. The third-order valence-corrected chi connectivity index (χ3v) is 2.28. The largest absolute Gasteiger partial charge is 0.289 e. The second-order valence-electron chi connectivity index (χ2n) is 1.70. The Kier molecular flexibility index (Phi) is 2.39. The van der Waals surface area contributed by atoms with E-state index in [9.17, 15) is 4.79 Å². The van der Waals surface area contributed by atoms with Crippen LogP contribution in [0.25, 0.3) is 0 Å². The van der Waals surface area contributed by atoms with E-state index in [0.29, 0.717) is 10.8 Å². The molecule has 3 nitrogen and oxygen atoms in total. The summed E-state index contributed by atoms with van der Waals surface area (Å²) in [6.45, 7) is 1.77. The Hall–Kier alpha value is -0.420. The average Bonchev–Trinajstić information content (AvgIpc) is 2.34. The molecule has 53 valence electrons. The molecule has 1 heterocycles. The molecule has 0 aliphatic heterocycles. The molecule has 0 N–H and O–H groups in total. The summed E-state index contributed by atoms with van der Waals surface area (Å²) in [5, 5.41) is 0.0713. The zero-order valence-electron chi connectivity index (χ0n) is 5.24. The van der Waals surface area contributed by atoms with Crippen LogP contribution in [0.3, 0.4) is 0 Å². The van der Waals surface area contributed by atoms with Crippen molar-refractivity contribution >= 4 is 30.4 Å². The summed E-state index contributed by atoms with van der Waals surface area (Å²) in [6, 6.07) is 0. The van der Waals surface area contributed by atoms with Crippen LogP contribution in [0.2, 0.25) is 0 Å². The van der Waals surface area contributed by atoms with Crippen LogP contribution in [-0.4, -0.2) is 15.6 Å². The number of hydrogen-bond donors (Lipinski definition) is 1. The number of carbonyl (C=O) groups excluding carboxylic acids is 1. The molecule has 0 spiro atoms. The third-order valence-electron chi connectivity index (χ3n) is 0.889. The van der Waals surface area contributed by atoms with Gasteiger partial charge in [-0.2, -0.15) is 17.0 Å². The maximum atomic E-state index is 10.1. The predicted molar refractivity (Wildman–Crippen MR) is 42.1 cm³/mol. The molecule has 1 aromatic rings. The number of nitrogens with zero attached hydrogens (tertiary/aromatic N) is 2. The van der Waals surface area contributed by atoms with Crippen molar-refractivity contribution in [2.75, 3.05) is 0 Å². The van der Waals surface area contributed by atoms with E-state index in [0.717, 1.165) is 0 Å². The first-order valence-electron chi connectivity index (χ1n) is 2.60. The molecule has 0 amide bonds. The summed E-state index contributed by atoms with van der Waals surface area (Å²) in [4.78, 5) is 14.0. The van der Waals surface area contributed by atoms with Crippen LogP contribution >= 0.6 is 24.2 Å². The molecule has 1 unspecified atom stereocenters. The van der Waals surface area contributed by atoms with Gasteiger partial charge in [0.2, 0.25) is 6.29 Å². The lowest BCUT2D eigenvalue weighted by Crippen LogP contribution is -1.89. The summed E-state index contributed by atoms with van der Waals surface area (Å²) >= 11 is 5.10. The highest BCUT2D eigenvalue weighted by molar-refractivity contribution is 7.81. The van der Waals surface area contributed by atoms with Crippen molar-refractivity contribution in [3.8, 4) is 0 Å². The van der Waals surface area contributed by atoms with Crippen molar-refractivity contribution in [3.63, 3.8) is 0 Å². The standard InChI is InChI=1S/C5H5N2OS2/c1-3-6-5(10-7-3)4(9)2-8/h4,9H,1H3. The van der Waals surface area contributed by atoms with Gasteiger partial charge in [0.25, 0.3) is 0 Å². The van der Waals surface area contributed by atoms with Crippen molar-refractivity contribution in [2.45, 2.75) is 12.2 Å². The molecule has 10 heavy (non-hydrogen) atoms. The lowest BCUT2D eigenvalue weighted by molar-refractivity contribution is 0.554. The molecule has 5 heteroatoms. The van der Waals surface area contributed by atoms with Gasteiger partial charge in [-0.1, -0.05) is 0 Å². The van der Waals surface area contributed by atoms with Crippen LogP contribution in [0.4, 0.5) is 0 Å². The Bertz CT molecular complexity index is 235. The van der Waals surface area contributed by atoms with Crippen molar-refractivity contribution in [1.29, 1.82) is 0 Å². The van der Waals surface area contributed by atoms with Gasteiger partial charge < -0.3 is 0 Å². The highest BCUT2D eigenvalue weighted by Crippen LogP contribution is 2.18. The normalized spacial score (nSPS) is 13.0. The molecule has 0 saturated carbocycles. The first-order valence-corrected chi connectivity index (χ1v) is 3.89. The van der Waals surface area contributed by atoms with E-state index in [2.05, 4.69) is 22.0 Å². The van der Waals surface area contributed by atoms with Gasteiger partial charge in [-0.25, -0.2) is 4.98 Å². The Balaban J connectivity index is 2.84. The van der Waals surface area contributed by atoms with Crippen LogP contribution in [0.1, 0.15) is 16.1 Å². The van der Waals surface area contributed by atoms with Gasteiger partial charge in [0, 0.05) is 0 Å². The molecule has 0 aliphatic carbocycles.